The number of nitrogens with one attached hydrogen (secondary N) is 1. The van der Waals surface area contributed by atoms with Crippen LogP contribution in [0.5, 0.6) is 0 Å². The van der Waals surface area contributed by atoms with E-state index in [9.17, 15) is 14.0 Å². The number of nitrogens with zero attached hydrogens (tertiary/aromatic N) is 1. The van der Waals surface area contributed by atoms with Gasteiger partial charge in [-0.2, -0.15) is 0 Å². The summed E-state index contributed by atoms with van der Waals surface area (Å²) in [5.41, 5.74) is 5.10. The molecule has 138 valence electrons. The summed E-state index contributed by atoms with van der Waals surface area (Å²) in [4.78, 5) is 24.7. The second kappa shape index (κ2) is 7.16. The normalized spacial score (nSPS) is 17.9. The first-order chi connectivity index (χ1) is 11.6. The summed E-state index contributed by atoms with van der Waals surface area (Å²) in [5.74, 6) is -1.92. The van der Waals surface area contributed by atoms with Crippen LogP contribution < -0.4 is 16.0 Å². The molecule has 7 nitrogen and oxygen atoms in total. The van der Waals surface area contributed by atoms with Crippen LogP contribution in [-0.2, 0) is 4.74 Å². The molecule has 1 aromatic rings. The molecule has 0 radical (unpaired) electrons. The number of hydrogen-bond acceptors (Lipinski definition) is 5. The van der Waals surface area contributed by atoms with Gasteiger partial charge >= 0.3 is 12.1 Å². The number of nitrogens with two attached hydrogens (primary N) is 1. The molecular formula is C17H24FN3O4. The molecule has 0 aliphatic carbocycles. The van der Waals surface area contributed by atoms with Crippen molar-refractivity contribution in [3.8, 4) is 0 Å². The van der Waals surface area contributed by atoms with E-state index >= 15 is 0 Å². The van der Waals surface area contributed by atoms with E-state index in [4.69, 9.17) is 15.6 Å². The van der Waals surface area contributed by atoms with Gasteiger partial charge in [-0.05, 0) is 45.7 Å². The number of carbonyl (C=O) groups is 2. The van der Waals surface area contributed by atoms with Crippen LogP contribution in [0.4, 0.5) is 20.6 Å². The average Bonchev–Trinajstić information content (AvgIpc) is 2.47. The Morgan fingerprint density at radius 1 is 1.40 bits per heavy atom. The van der Waals surface area contributed by atoms with Crippen LogP contribution in [0, 0.1) is 5.82 Å². The lowest BCUT2D eigenvalue weighted by molar-refractivity contribution is 0.0499. The van der Waals surface area contributed by atoms with E-state index in [1.807, 2.05) is 0 Å². The third-order valence-corrected chi connectivity index (χ3v) is 3.83. The van der Waals surface area contributed by atoms with E-state index in [1.54, 1.807) is 25.7 Å². The molecule has 1 aliphatic rings. The average molecular weight is 353 g/mol. The van der Waals surface area contributed by atoms with Gasteiger partial charge in [0.25, 0.3) is 0 Å². The van der Waals surface area contributed by atoms with E-state index in [0.29, 0.717) is 13.1 Å². The first-order valence-corrected chi connectivity index (χ1v) is 8.13. The fraction of sp³-hybridized carbons (Fsp3) is 0.529. The van der Waals surface area contributed by atoms with Crippen LogP contribution in [0.25, 0.3) is 0 Å². The lowest BCUT2D eigenvalue weighted by Gasteiger charge is -2.35. The number of piperidine rings is 1. The van der Waals surface area contributed by atoms with Crippen molar-refractivity contribution in [2.24, 2.45) is 0 Å². The number of anilines is 2. The molecular weight excluding hydrogens is 329 g/mol. The van der Waals surface area contributed by atoms with E-state index in [1.165, 1.54) is 6.07 Å². The van der Waals surface area contributed by atoms with Gasteiger partial charge in [0.15, 0.2) is 0 Å². The Morgan fingerprint density at radius 2 is 2.08 bits per heavy atom. The van der Waals surface area contributed by atoms with Crippen molar-refractivity contribution in [2.45, 2.75) is 45.3 Å². The predicted octanol–water partition coefficient (Wildman–Crippen LogP) is 2.60. The maximum atomic E-state index is 14.3. The minimum Gasteiger partial charge on any atom is -0.478 e. The molecule has 0 bridgehead atoms. The highest BCUT2D eigenvalue weighted by Crippen LogP contribution is 2.28. The zero-order chi connectivity index (χ0) is 18.8. The van der Waals surface area contributed by atoms with Gasteiger partial charge in [0.2, 0.25) is 0 Å². The molecule has 2 rings (SSSR count). The molecule has 1 aromatic carbocycles. The van der Waals surface area contributed by atoms with Crippen LogP contribution in [-0.4, -0.2) is 41.9 Å². The van der Waals surface area contributed by atoms with E-state index < -0.39 is 23.5 Å². The van der Waals surface area contributed by atoms with E-state index in [0.717, 1.165) is 18.9 Å². The predicted molar refractivity (Wildman–Crippen MR) is 92.4 cm³/mol. The Morgan fingerprint density at radius 3 is 2.68 bits per heavy atom. The number of hydrogen-bond donors (Lipinski definition) is 3. The fourth-order valence-electron chi connectivity index (χ4n) is 2.79. The van der Waals surface area contributed by atoms with Crippen LogP contribution >= 0.6 is 0 Å². The van der Waals surface area contributed by atoms with Crippen molar-refractivity contribution in [3.63, 3.8) is 0 Å². The largest absolute Gasteiger partial charge is 0.478 e. The van der Waals surface area contributed by atoms with E-state index in [2.05, 4.69) is 5.32 Å². The van der Waals surface area contributed by atoms with Gasteiger partial charge in [0, 0.05) is 24.8 Å². The number of carbonyl (C=O) groups excluding carboxylic acids is 1. The number of halogens is 1. The maximum absolute atomic E-state index is 14.3. The van der Waals surface area contributed by atoms with Crippen LogP contribution in [0.1, 0.15) is 44.0 Å². The Labute approximate surface area is 145 Å². The number of nitrogen functional groups attached to an aromatic ring is 1. The van der Waals surface area contributed by atoms with E-state index in [-0.39, 0.29) is 23.0 Å². The lowest BCUT2D eigenvalue weighted by Crippen LogP contribution is -2.49. The van der Waals surface area contributed by atoms with Gasteiger partial charge in [0.1, 0.15) is 11.4 Å². The fourth-order valence-corrected chi connectivity index (χ4v) is 2.79. The number of amides is 1. The van der Waals surface area contributed by atoms with Gasteiger partial charge in [0.05, 0.1) is 11.3 Å². The van der Waals surface area contributed by atoms with Crippen LogP contribution in [0.2, 0.25) is 0 Å². The minimum absolute atomic E-state index is 0.00567. The highest BCUT2D eigenvalue weighted by atomic mass is 19.1. The Kier molecular flexibility index (Phi) is 5.39. The molecule has 8 heteroatoms. The van der Waals surface area contributed by atoms with Crippen molar-refractivity contribution in [1.29, 1.82) is 0 Å². The summed E-state index contributed by atoms with van der Waals surface area (Å²) < 4.78 is 19.6. The molecule has 1 amide bonds. The summed E-state index contributed by atoms with van der Waals surface area (Å²) in [6.45, 7) is 6.32. The molecule has 1 fully saturated rings. The van der Waals surface area contributed by atoms with Crippen molar-refractivity contribution < 1.29 is 23.8 Å². The molecule has 4 N–H and O–H groups in total. The second-order valence-corrected chi connectivity index (χ2v) is 7.13. The first kappa shape index (κ1) is 18.8. The number of rotatable bonds is 3. The van der Waals surface area contributed by atoms with Crippen LogP contribution in [0.3, 0.4) is 0 Å². The van der Waals surface area contributed by atoms with Gasteiger partial charge in [-0.15, -0.1) is 0 Å². The lowest BCUT2D eigenvalue weighted by atomic mass is 10.0. The smallest absolute Gasteiger partial charge is 0.407 e. The Balaban J connectivity index is 2.10. The summed E-state index contributed by atoms with van der Waals surface area (Å²) >= 11 is 0. The SMILES string of the molecule is CC(C)(C)OC(=O)N[C@H]1CCCN(c2cc(N)c(C(=O)O)cc2F)C1. The molecule has 1 saturated heterocycles. The monoisotopic (exact) mass is 353 g/mol. The second-order valence-electron chi connectivity index (χ2n) is 7.13. The van der Waals surface area contributed by atoms with Gasteiger partial charge in [-0.1, -0.05) is 0 Å². The molecule has 1 aliphatic heterocycles. The topological polar surface area (TPSA) is 105 Å². The van der Waals surface area contributed by atoms with Crippen molar-refractivity contribution >= 4 is 23.4 Å². The molecule has 0 aromatic heterocycles. The highest BCUT2D eigenvalue weighted by molar-refractivity contribution is 5.94. The number of carboxylic acid groups (broad SMARTS) is 1. The van der Waals surface area contributed by atoms with Crippen molar-refractivity contribution in [2.75, 3.05) is 23.7 Å². The molecule has 1 atom stereocenters. The number of alkyl carbamates (subject to hydrolysis) is 1. The molecule has 0 spiro atoms. The third-order valence-electron chi connectivity index (χ3n) is 3.83. The highest BCUT2D eigenvalue weighted by Gasteiger charge is 2.26. The minimum atomic E-state index is -1.27. The maximum Gasteiger partial charge on any atom is 0.407 e. The summed E-state index contributed by atoms with van der Waals surface area (Å²) in [6, 6.07) is 2.07. The quantitative estimate of drug-likeness (QED) is 0.722. The standard InChI is InChI=1S/C17H24FN3O4/c1-17(2,3)25-16(24)20-10-5-4-6-21(9-10)14-8-13(19)11(15(22)23)7-12(14)18/h7-8,10H,4-6,9,19H2,1-3H3,(H,20,24)(H,22,23)/t10-/m0/s1. The summed E-state index contributed by atoms with van der Waals surface area (Å²) in [6.07, 6.45) is 0.987. The zero-order valence-corrected chi connectivity index (χ0v) is 14.6. The molecule has 0 unspecified atom stereocenters. The number of benzene rings is 1. The Bertz CT molecular complexity index is 673. The van der Waals surface area contributed by atoms with Crippen molar-refractivity contribution in [3.05, 3.63) is 23.5 Å². The summed E-state index contributed by atoms with van der Waals surface area (Å²) in [7, 11) is 0. The molecule has 1 heterocycles. The van der Waals surface area contributed by atoms with Gasteiger partial charge in [-0.3, -0.25) is 0 Å². The number of ether oxygens (including phenoxy) is 1. The molecule has 25 heavy (non-hydrogen) atoms. The van der Waals surface area contributed by atoms with Crippen molar-refractivity contribution in [1.82, 2.24) is 5.32 Å². The first-order valence-electron chi connectivity index (χ1n) is 8.13. The number of carboxylic acids is 1. The van der Waals surface area contributed by atoms with Gasteiger partial charge in [-0.25, -0.2) is 14.0 Å². The third kappa shape index (κ3) is 4.98. The number of aromatic carboxylic acids is 1. The van der Waals surface area contributed by atoms with Gasteiger partial charge < -0.3 is 25.8 Å². The van der Waals surface area contributed by atoms with Crippen LogP contribution in [0.15, 0.2) is 12.1 Å². The summed E-state index contributed by atoms with van der Waals surface area (Å²) in [5, 5.41) is 11.8. The Hall–Kier alpha value is -2.51. The molecule has 0 saturated carbocycles. The zero-order valence-electron chi connectivity index (χ0n) is 14.6.